The molecule has 0 aromatic carbocycles. The molecule has 2 rings (SSSR count). The van der Waals surface area contributed by atoms with Crippen LogP contribution in [0.1, 0.15) is 37.9 Å². The minimum atomic E-state index is 0.654. The van der Waals surface area contributed by atoms with Crippen LogP contribution in [0.2, 0.25) is 0 Å². The maximum absolute atomic E-state index is 4.44. The summed E-state index contributed by atoms with van der Waals surface area (Å²) < 4.78 is 2.16. The molecule has 0 spiro atoms. The van der Waals surface area contributed by atoms with Gasteiger partial charge in [-0.1, -0.05) is 6.92 Å². The van der Waals surface area contributed by atoms with Crippen molar-refractivity contribution < 1.29 is 0 Å². The second kappa shape index (κ2) is 4.13. The molecule has 1 aromatic rings. The van der Waals surface area contributed by atoms with Crippen molar-refractivity contribution >= 4 is 0 Å². The van der Waals surface area contributed by atoms with E-state index in [1.54, 1.807) is 0 Å². The molecular formula is C11H19N3. The maximum Gasteiger partial charge on any atom is 0.111 e. The normalized spacial score (nSPS) is 27.9. The van der Waals surface area contributed by atoms with Crippen molar-refractivity contribution in [3.8, 4) is 0 Å². The Bertz CT molecular complexity index is 292. The van der Waals surface area contributed by atoms with E-state index in [4.69, 9.17) is 0 Å². The number of aryl methyl sites for hydroxylation is 1. The highest BCUT2D eigenvalue weighted by atomic mass is 15.0. The van der Waals surface area contributed by atoms with Crippen LogP contribution in [-0.2, 0) is 7.05 Å². The number of aromatic nitrogens is 2. The van der Waals surface area contributed by atoms with Crippen LogP contribution < -0.4 is 5.32 Å². The van der Waals surface area contributed by atoms with Crippen molar-refractivity contribution in [1.82, 2.24) is 14.9 Å². The summed E-state index contributed by atoms with van der Waals surface area (Å²) in [5.74, 6) is 1.91. The summed E-state index contributed by atoms with van der Waals surface area (Å²) in [6.07, 6.45) is 7.63. The van der Waals surface area contributed by atoms with Crippen molar-refractivity contribution in [3.63, 3.8) is 0 Å². The van der Waals surface area contributed by atoms with Crippen LogP contribution in [0, 0.1) is 0 Å². The average Bonchev–Trinajstić information content (AvgIpc) is 2.65. The lowest BCUT2D eigenvalue weighted by Crippen LogP contribution is -2.37. The molecular weight excluding hydrogens is 174 g/mol. The predicted molar refractivity (Wildman–Crippen MR) is 57.3 cm³/mol. The summed E-state index contributed by atoms with van der Waals surface area (Å²) >= 11 is 0. The molecule has 2 unspecified atom stereocenters. The van der Waals surface area contributed by atoms with E-state index in [1.807, 2.05) is 12.4 Å². The maximum atomic E-state index is 4.44. The fourth-order valence-corrected chi connectivity index (χ4v) is 2.32. The first-order valence-corrected chi connectivity index (χ1v) is 5.52. The van der Waals surface area contributed by atoms with Gasteiger partial charge in [0, 0.05) is 31.4 Å². The molecule has 78 valence electrons. The van der Waals surface area contributed by atoms with Crippen molar-refractivity contribution in [2.24, 2.45) is 7.05 Å². The summed E-state index contributed by atoms with van der Waals surface area (Å²) in [6.45, 7) is 3.38. The van der Waals surface area contributed by atoms with Gasteiger partial charge in [0.1, 0.15) is 5.82 Å². The SMILES string of the molecule is CCC1CC(c2nccn2C)CCN1. The van der Waals surface area contributed by atoms with Gasteiger partial charge in [0.2, 0.25) is 0 Å². The third-order valence-electron chi connectivity index (χ3n) is 3.21. The number of piperidine rings is 1. The average molecular weight is 193 g/mol. The van der Waals surface area contributed by atoms with E-state index >= 15 is 0 Å². The Labute approximate surface area is 85.5 Å². The van der Waals surface area contributed by atoms with Crippen molar-refractivity contribution in [1.29, 1.82) is 0 Å². The molecule has 1 aliphatic heterocycles. The summed E-state index contributed by atoms with van der Waals surface area (Å²) in [4.78, 5) is 4.44. The molecule has 2 heterocycles. The summed E-state index contributed by atoms with van der Waals surface area (Å²) in [6, 6.07) is 0.686. The largest absolute Gasteiger partial charge is 0.338 e. The van der Waals surface area contributed by atoms with Gasteiger partial charge >= 0.3 is 0 Å². The Morgan fingerprint density at radius 2 is 2.50 bits per heavy atom. The minimum absolute atomic E-state index is 0.654. The minimum Gasteiger partial charge on any atom is -0.338 e. The molecule has 0 aliphatic carbocycles. The van der Waals surface area contributed by atoms with Crippen LogP contribution in [0.3, 0.4) is 0 Å². The predicted octanol–water partition coefficient (Wildman–Crippen LogP) is 1.67. The fourth-order valence-electron chi connectivity index (χ4n) is 2.32. The van der Waals surface area contributed by atoms with E-state index in [2.05, 4.69) is 28.8 Å². The first kappa shape index (κ1) is 9.71. The Balaban J connectivity index is 2.08. The quantitative estimate of drug-likeness (QED) is 0.774. The zero-order valence-electron chi connectivity index (χ0n) is 9.03. The second-order valence-electron chi connectivity index (χ2n) is 4.18. The standard InChI is InChI=1S/C11H19N3/c1-3-10-8-9(4-5-12-10)11-13-6-7-14(11)2/h6-7,9-10,12H,3-5,8H2,1-2H3. The van der Waals surface area contributed by atoms with Crippen molar-refractivity contribution in [2.75, 3.05) is 6.54 Å². The van der Waals surface area contributed by atoms with Crippen LogP contribution in [0.25, 0.3) is 0 Å². The number of nitrogens with zero attached hydrogens (tertiary/aromatic N) is 2. The molecule has 2 atom stereocenters. The van der Waals surface area contributed by atoms with Crippen molar-refractivity contribution in [3.05, 3.63) is 18.2 Å². The fraction of sp³-hybridized carbons (Fsp3) is 0.727. The van der Waals surface area contributed by atoms with Gasteiger partial charge in [0.25, 0.3) is 0 Å². The third kappa shape index (κ3) is 1.82. The van der Waals surface area contributed by atoms with Crippen LogP contribution >= 0.6 is 0 Å². The first-order valence-electron chi connectivity index (χ1n) is 5.52. The summed E-state index contributed by atoms with van der Waals surface area (Å²) in [5, 5.41) is 3.54. The number of rotatable bonds is 2. The first-order chi connectivity index (χ1) is 6.81. The summed E-state index contributed by atoms with van der Waals surface area (Å²) in [5.41, 5.74) is 0. The lowest BCUT2D eigenvalue weighted by Gasteiger charge is -2.29. The van der Waals surface area contributed by atoms with Crippen molar-refractivity contribution in [2.45, 2.75) is 38.1 Å². The number of imidazole rings is 1. The highest BCUT2D eigenvalue weighted by molar-refractivity contribution is 5.02. The molecule has 0 amide bonds. The zero-order valence-corrected chi connectivity index (χ0v) is 9.03. The highest BCUT2D eigenvalue weighted by Gasteiger charge is 2.23. The molecule has 0 saturated carbocycles. The Morgan fingerprint density at radius 3 is 3.14 bits per heavy atom. The molecule has 1 aromatic heterocycles. The number of hydrogen-bond acceptors (Lipinski definition) is 2. The molecule has 1 saturated heterocycles. The summed E-state index contributed by atoms with van der Waals surface area (Å²) in [7, 11) is 2.09. The van der Waals surface area contributed by atoms with Gasteiger partial charge in [-0.2, -0.15) is 0 Å². The molecule has 1 N–H and O–H groups in total. The number of nitrogens with one attached hydrogen (secondary N) is 1. The smallest absolute Gasteiger partial charge is 0.111 e. The molecule has 14 heavy (non-hydrogen) atoms. The topological polar surface area (TPSA) is 29.9 Å². The van der Waals surface area contributed by atoms with E-state index in [9.17, 15) is 0 Å². The zero-order chi connectivity index (χ0) is 9.97. The van der Waals surface area contributed by atoms with Gasteiger partial charge < -0.3 is 9.88 Å². The number of hydrogen-bond donors (Lipinski definition) is 1. The van der Waals surface area contributed by atoms with E-state index in [1.165, 1.54) is 25.1 Å². The molecule has 0 bridgehead atoms. The monoisotopic (exact) mass is 193 g/mol. The Kier molecular flexibility index (Phi) is 2.87. The molecule has 1 fully saturated rings. The highest BCUT2D eigenvalue weighted by Crippen LogP contribution is 2.26. The Hall–Kier alpha value is -0.830. The Morgan fingerprint density at radius 1 is 1.64 bits per heavy atom. The van der Waals surface area contributed by atoms with Crippen LogP contribution in [0.15, 0.2) is 12.4 Å². The van der Waals surface area contributed by atoms with E-state index in [0.29, 0.717) is 12.0 Å². The molecule has 3 heteroatoms. The lowest BCUT2D eigenvalue weighted by molar-refractivity contribution is 0.343. The molecule has 1 aliphatic rings. The van der Waals surface area contributed by atoms with E-state index in [-0.39, 0.29) is 0 Å². The van der Waals surface area contributed by atoms with Gasteiger partial charge in [-0.15, -0.1) is 0 Å². The van der Waals surface area contributed by atoms with Crippen LogP contribution in [0.5, 0.6) is 0 Å². The van der Waals surface area contributed by atoms with Crippen LogP contribution in [0.4, 0.5) is 0 Å². The van der Waals surface area contributed by atoms with Gasteiger partial charge in [-0.05, 0) is 25.8 Å². The van der Waals surface area contributed by atoms with E-state index < -0.39 is 0 Å². The van der Waals surface area contributed by atoms with Gasteiger partial charge in [0.15, 0.2) is 0 Å². The molecule has 0 radical (unpaired) electrons. The van der Waals surface area contributed by atoms with Gasteiger partial charge in [-0.25, -0.2) is 4.98 Å². The van der Waals surface area contributed by atoms with Gasteiger partial charge in [0.05, 0.1) is 0 Å². The second-order valence-corrected chi connectivity index (χ2v) is 4.18. The molecule has 3 nitrogen and oxygen atoms in total. The lowest BCUT2D eigenvalue weighted by atomic mass is 9.90. The van der Waals surface area contributed by atoms with Gasteiger partial charge in [-0.3, -0.25) is 0 Å². The van der Waals surface area contributed by atoms with Crippen LogP contribution in [-0.4, -0.2) is 22.1 Å². The third-order valence-corrected chi connectivity index (χ3v) is 3.21. The van der Waals surface area contributed by atoms with E-state index in [0.717, 1.165) is 6.54 Å².